The maximum absolute atomic E-state index is 6.02. The molecule has 1 aromatic carbocycles. The van der Waals surface area contributed by atoms with E-state index < -0.39 is 0 Å². The van der Waals surface area contributed by atoms with Crippen LogP contribution in [-0.2, 0) is 0 Å². The molecule has 0 aliphatic carbocycles. The van der Waals surface area contributed by atoms with E-state index in [-0.39, 0.29) is 5.54 Å². The molecule has 4 heteroatoms. The third-order valence-corrected chi connectivity index (χ3v) is 3.08. The number of likely N-dealkylation sites (N-methyl/N-ethyl adjacent to an activating group) is 1. The van der Waals surface area contributed by atoms with Crippen LogP contribution < -0.4 is 10.5 Å². The van der Waals surface area contributed by atoms with Crippen molar-refractivity contribution in [3.05, 3.63) is 23.2 Å². The zero-order chi connectivity index (χ0) is 12.3. The van der Waals surface area contributed by atoms with Crippen LogP contribution in [0, 0.1) is 0 Å². The molecule has 2 N–H and O–H groups in total. The van der Waals surface area contributed by atoms with E-state index in [2.05, 4.69) is 18.7 Å². The van der Waals surface area contributed by atoms with Gasteiger partial charge in [0.1, 0.15) is 6.61 Å². The highest BCUT2D eigenvalue weighted by atomic mass is 35.5. The Morgan fingerprint density at radius 1 is 1.38 bits per heavy atom. The van der Waals surface area contributed by atoms with Crippen molar-refractivity contribution in [3.8, 4) is 5.75 Å². The van der Waals surface area contributed by atoms with Gasteiger partial charge in [0.2, 0.25) is 0 Å². The summed E-state index contributed by atoms with van der Waals surface area (Å²) in [5.41, 5.74) is 6.31. The zero-order valence-corrected chi connectivity index (χ0v) is 11.0. The number of hydrogen-bond donors (Lipinski definition) is 1. The molecule has 0 radical (unpaired) electrons. The van der Waals surface area contributed by atoms with Crippen LogP contribution in [0.2, 0.25) is 5.02 Å². The van der Waals surface area contributed by atoms with Crippen molar-refractivity contribution >= 4 is 17.3 Å². The number of nitrogens with zero attached hydrogens (tertiary/aromatic N) is 1. The number of para-hydroxylation sites is 1. The van der Waals surface area contributed by atoms with Crippen LogP contribution in [0.25, 0.3) is 0 Å². The van der Waals surface area contributed by atoms with E-state index in [4.69, 9.17) is 22.1 Å². The molecule has 3 nitrogen and oxygen atoms in total. The van der Waals surface area contributed by atoms with Crippen molar-refractivity contribution in [3.63, 3.8) is 0 Å². The normalized spacial score (nSPS) is 11.9. The first-order valence-electron chi connectivity index (χ1n) is 5.19. The number of nitrogens with two attached hydrogens (primary N) is 1. The Bertz CT molecular complexity index is 344. The highest BCUT2D eigenvalue weighted by Gasteiger charge is 2.22. The van der Waals surface area contributed by atoms with Crippen molar-refractivity contribution in [2.75, 3.05) is 26.4 Å². The van der Waals surface area contributed by atoms with Gasteiger partial charge in [-0.3, -0.25) is 0 Å². The Balaban J connectivity index is 2.75. The molecule has 0 aliphatic rings. The third-order valence-electron chi connectivity index (χ3n) is 2.78. The van der Waals surface area contributed by atoms with Gasteiger partial charge in [-0.15, -0.1) is 0 Å². The van der Waals surface area contributed by atoms with E-state index in [1.807, 2.05) is 20.2 Å². The van der Waals surface area contributed by atoms with Crippen molar-refractivity contribution < 1.29 is 4.74 Å². The predicted octanol–water partition coefficient (Wildman–Crippen LogP) is 2.64. The fourth-order valence-electron chi connectivity index (χ4n) is 1.06. The molecule has 0 bridgehead atoms. The summed E-state index contributed by atoms with van der Waals surface area (Å²) in [5.74, 6) is 0.569. The van der Waals surface area contributed by atoms with Gasteiger partial charge in [0.05, 0.1) is 10.7 Å². The maximum Gasteiger partial charge on any atom is 0.160 e. The monoisotopic (exact) mass is 242 g/mol. The largest absolute Gasteiger partial charge is 0.488 e. The lowest BCUT2D eigenvalue weighted by Crippen LogP contribution is -2.43. The number of hydrogen-bond acceptors (Lipinski definition) is 3. The predicted molar refractivity (Wildman–Crippen MR) is 69.1 cm³/mol. The first-order chi connectivity index (χ1) is 7.34. The molecule has 16 heavy (non-hydrogen) atoms. The molecule has 0 spiro atoms. The Morgan fingerprint density at radius 2 is 2.00 bits per heavy atom. The summed E-state index contributed by atoms with van der Waals surface area (Å²) in [4.78, 5) is 2.10. The second-order valence-corrected chi connectivity index (χ2v) is 5.06. The number of ether oxygens (including phenoxy) is 1. The van der Waals surface area contributed by atoms with Gasteiger partial charge in [-0.25, -0.2) is 0 Å². The number of rotatable bonds is 4. The highest BCUT2D eigenvalue weighted by Crippen LogP contribution is 2.31. The summed E-state index contributed by atoms with van der Waals surface area (Å²) in [6.07, 6.45) is 0. The SMILES string of the molecule is CN(C)C(C)(C)COc1c(N)cccc1Cl. The topological polar surface area (TPSA) is 38.5 Å². The van der Waals surface area contributed by atoms with Gasteiger partial charge in [0.15, 0.2) is 5.75 Å². The van der Waals surface area contributed by atoms with Crippen LogP contribution in [0.4, 0.5) is 5.69 Å². The van der Waals surface area contributed by atoms with E-state index in [0.717, 1.165) is 0 Å². The van der Waals surface area contributed by atoms with Gasteiger partial charge in [-0.1, -0.05) is 17.7 Å². The zero-order valence-electron chi connectivity index (χ0n) is 10.2. The van der Waals surface area contributed by atoms with E-state index in [1.165, 1.54) is 0 Å². The number of benzene rings is 1. The average molecular weight is 243 g/mol. The summed E-state index contributed by atoms with van der Waals surface area (Å²) < 4.78 is 5.70. The van der Waals surface area contributed by atoms with Crippen LogP contribution in [0.3, 0.4) is 0 Å². The standard InChI is InChI=1S/C12H19ClN2O/c1-12(2,15(3)4)8-16-11-9(13)6-5-7-10(11)14/h5-7H,8,14H2,1-4H3. The molecule has 0 heterocycles. The summed E-state index contributed by atoms with van der Waals surface area (Å²) >= 11 is 6.02. The molecule has 0 saturated heterocycles. The molecule has 1 aromatic rings. The summed E-state index contributed by atoms with van der Waals surface area (Å²) in [5, 5.41) is 0.551. The Labute approximate surface area is 102 Å². The van der Waals surface area contributed by atoms with Crippen LogP contribution in [0.15, 0.2) is 18.2 Å². The van der Waals surface area contributed by atoms with Gasteiger partial charge in [-0.2, -0.15) is 0 Å². The minimum Gasteiger partial charge on any atom is -0.488 e. The lowest BCUT2D eigenvalue weighted by molar-refractivity contribution is 0.114. The molecular weight excluding hydrogens is 224 g/mol. The second-order valence-electron chi connectivity index (χ2n) is 4.65. The molecular formula is C12H19ClN2O. The number of nitrogen functional groups attached to an aromatic ring is 1. The fraction of sp³-hybridized carbons (Fsp3) is 0.500. The van der Waals surface area contributed by atoms with Crippen LogP contribution in [-0.4, -0.2) is 31.1 Å². The smallest absolute Gasteiger partial charge is 0.160 e. The maximum atomic E-state index is 6.02. The summed E-state index contributed by atoms with van der Waals surface area (Å²) in [6.45, 7) is 4.73. The third kappa shape index (κ3) is 3.03. The minimum absolute atomic E-state index is 0.0639. The molecule has 0 saturated carbocycles. The average Bonchev–Trinajstić information content (AvgIpc) is 2.16. The Kier molecular flexibility index (Phi) is 4.05. The minimum atomic E-state index is -0.0639. The van der Waals surface area contributed by atoms with Crippen LogP contribution in [0.1, 0.15) is 13.8 Å². The second kappa shape index (κ2) is 4.93. The van der Waals surface area contributed by atoms with Crippen molar-refractivity contribution in [1.29, 1.82) is 0 Å². The van der Waals surface area contributed by atoms with E-state index in [9.17, 15) is 0 Å². The Morgan fingerprint density at radius 3 is 2.50 bits per heavy atom. The Hall–Kier alpha value is -0.930. The van der Waals surface area contributed by atoms with E-state index in [1.54, 1.807) is 12.1 Å². The van der Waals surface area contributed by atoms with Gasteiger partial charge in [-0.05, 0) is 40.1 Å². The van der Waals surface area contributed by atoms with Gasteiger partial charge in [0.25, 0.3) is 0 Å². The highest BCUT2D eigenvalue weighted by molar-refractivity contribution is 6.32. The molecule has 0 aliphatic heterocycles. The molecule has 0 fully saturated rings. The van der Waals surface area contributed by atoms with Crippen molar-refractivity contribution in [1.82, 2.24) is 4.90 Å². The molecule has 90 valence electrons. The lowest BCUT2D eigenvalue weighted by Gasteiger charge is -2.32. The molecule has 0 unspecified atom stereocenters. The molecule has 0 atom stereocenters. The van der Waals surface area contributed by atoms with Crippen LogP contribution >= 0.6 is 11.6 Å². The molecule has 0 amide bonds. The summed E-state index contributed by atoms with van der Waals surface area (Å²) in [7, 11) is 4.03. The number of anilines is 1. The van der Waals surface area contributed by atoms with E-state index in [0.29, 0.717) is 23.1 Å². The quantitative estimate of drug-likeness (QED) is 0.825. The lowest BCUT2D eigenvalue weighted by atomic mass is 10.1. The fourth-order valence-corrected chi connectivity index (χ4v) is 1.29. The van der Waals surface area contributed by atoms with Gasteiger partial charge >= 0.3 is 0 Å². The number of halogens is 1. The van der Waals surface area contributed by atoms with Crippen molar-refractivity contribution in [2.45, 2.75) is 19.4 Å². The first-order valence-corrected chi connectivity index (χ1v) is 5.56. The van der Waals surface area contributed by atoms with Gasteiger partial charge in [0, 0.05) is 5.54 Å². The van der Waals surface area contributed by atoms with Crippen LogP contribution in [0.5, 0.6) is 5.75 Å². The van der Waals surface area contributed by atoms with Gasteiger partial charge < -0.3 is 15.4 Å². The molecule has 1 rings (SSSR count). The first kappa shape index (κ1) is 13.1. The summed E-state index contributed by atoms with van der Waals surface area (Å²) in [6, 6.07) is 5.36. The van der Waals surface area contributed by atoms with Crippen molar-refractivity contribution in [2.24, 2.45) is 0 Å². The molecule has 0 aromatic heterocycles. The van der Waals surface area contributed by atoms with E-state index >= 15 is 0 Å².